The molecule has 4 heterocycles. The van der Waals surface area contributed by atoms with Crippen LogP contribution < -0.4 is 9.47 Å². The van der Waals surface area contributed by atoms with E-state index in [0.29, 0.717) is 11.6 Å². The Morgan fingerprint density at radius 2 is 0.529 bits per heavy atom. The molecule has 0 radical (unpaired) electrons. The lowest BCUT2D eigenvalue weighted by atomic mass is 9.65. The maximum absolute atomic E-state index is 7.28. The van der Waals surface area contributed by atoms with E-state index < -0.39 is 10.8 Å². The summed E-state index contributed by atoms with van der Waals surface area (Å²) >= 11 is 0. The molecule has 17 aromatic rings. The summed E-state index contributed by atoms with van der Waals surface area (Å²) < 4.78 is 14.5. The highest BCUT2D eigenvalue weighted by atomic mass is 16.5. The standard InChI is InChI=1S/C98H60N4O2/c1-3-24-61(25-4-1)62-48-52-66(53-49-62)87-59-88(100-95(99-87)76-37-22-44-85-93(76)103-91-46-19-17-42-83(91)97(85)79-39-14-11-33-72(79)73-34-12-15-40-80(73)97)67-54-50-64(51-55-67)69-30-9-10-32-71(69)68-56-57-82-78(58-68)74-35-13-16-41-81(74)98(82)84-43-18-20-47-92(84)104-94-77(38-23-45-86(94)98)96-101-89(65-27-5-2-6-28-65)60-90(102-96)75-36-21-29-63-26-7-8-31-70(63)75/h1-60H. The summed E-state index contributed by atoms with van der Waals surface area (Å²) in [5, 5.41) is 2.28. The third kappa shape index (κ3) is 8.95. The molecular weight excluding hydrogens is 1270 g/mol. The van der Waals surface area contributed by atoms with Gasteiger partial charge in [0.1, 0.15) is 23.0 Å². The lowest BCUT2D eigenvalue weighted by Crippen LogP contribution is -2.32. The molecule has 484 valence electrons. The minimum absolute atomic E-state index is 0.576. The number of aromatic nitrogens is 4. The first kappa shape index (κ1) is 59.2. The highest BCUT2D eigenvalue weighted by Crippen LogP contribution is 2.65. The third-order valence-corrected chi connectivity index (χ3v) is 21.9. The van der Waals surface area contributed by atoms with Gasteiger partial charge in [-0.1, -0.05) is 322 Å². The number of benzene rings is 15. The molecule has 0 bridgehead atoms. The fraction of sp³-hybridized carbons (Fsp3) is 0.0204. The zero-order valence-electron chi connectivity index (χ0n) is 56.2. The molecule has 2 aromatic heterocycles. The second kappa shape index (κ2) is 23.5. The summed E-state index contributed by atoms with van der Waals surface area (Å²) in [5.41, 5.74) is 28.2. The van der Waals surface area contributed by atoms with Crippen molar-refractivity contribution >= 4 is 10.8 Å². The van der Waals surface area contributed by atoms with Crippen molar-refractivity contribution in [2.45, 2.75) is 10.8 Å². The van der Waals surface area contributed by atoms with E-state index in [-0.39, 0.29) is 0 Å². The van der Waals surface area contributed by atoms with Crippen molar-refractivity contribution in [2.75, 3.05) is 0 Å². The van der Waals surface area contributed by atoms with Crippen LogP contribution in [-0.4, -0.2) is 19.9 Å². The topological polar surface area (TPSA) is 70.0 Å². The number of rotatable bonds is 9. The summed E-state index contributed by atoms with van der Waals surface area (Å²) in [6.07, 6.45) is 0. The predicted molar refractivity (Wildman–Crippen MR) is 419 cm³/mol. The Morgan fingerprint density at radius 3 is 1.09 bits per heavy atom. The van der Waals surface area contributed by atoms with Gasteiger partial charge >= 0.3 is 0 Å². The molecule has 2 aliphatic heterocycles. The molecule has 1 unspecified atom stereocenters. The number of nitrogens with zero attached hydrogens (tertiary/aromatic N) is 4. The fourth-order valence-electron chi connectivity index (χ4n) is 17.4. The smallest absolute Gasteiger partial charge is 0.164 e. The summed E-state index contributed by atoms with van der Waals surface area (Å²) in [5.74, 6) is 4.26. The largest absolute Gasteiger partial charge is 0.456 e. The Bertz CT molecular complexity index is 6310. The maximum atomic E-state index is 7.28. The van der Waals surface area contributed by atoms with Gasteiger partial charge in [-0.3, -0.25) is 0 Å². The van der Waals surface area contributed by atoms with E-state index in [4.69, 9.17) is 29.4 Å². The Hall–Kier alpha value is -13.7. The van der Waals surface area contributed by atoms with Gasteiger partial charge in [0.15, 0.2) is 11.6 Å². The average Bonchev–Trinajstić information content (AvgIpc) is 1.50. The van der Waals surface area contributed by atoms with Crippen molar-refractivity contribution in [3.05, 3.63) is 408 Å². The van der Waals surface area contributed by atoms with Gasteiger partial charge in [-0.05, 0) is 131 Å². The van der Waals surface area contributed by atoms with Crippen LogP contribution in [0.3, 0.4) is 0 Å². The lowest BCUT2D eigenvalue weighted by Gasteiger charge is -2.40. The van der Waals surface area contributed by atoms with Gasteiger partial charge in [0.05, 0.1) is 44.7 Å². The highest BCUT2D eigenvalue weighted by molar-refractivity contribution is 5.98. The van der Waals surface area contributed by atoms with Gasteiger partial charge in [0.25, 0.3) is 0 Å². The first-order valence-corrected chi connectivity index (χ1v) is 35.5. The number of para-hydroxylation sites is 4. The summed E-state index contributed by atoms with van der Waals surface area (Å²) in [7, 11) is 0. The van der Waals surface area contributed by atoms with Crippen LogP contribution in [-0.2, 0) is 10.8 Å². The van der Waals surface area contributed by atoms with Gasteiger partial charge in [0, 0.05) is 44.5 Å². The normalized spacial score (nSPS) is 14.2. The van der Waals surface area contributed by atoms with E-state index in [0.717, 1.165) is 146 Å². The van der Waals surface area contributed by atoms with Crippen LogP contribution in [0.25, 0.3) is 134 Å². The van der Waals surface area contributed by atoms with E-state index in [1.165, 1.54) is 44.5 Å². The van der Waals surface area contributed by atoms with Crippen LogP contribution in [0.15, 0.2) is 364 Å². The van der Waals surface area contributed by atoms with Crippen LogP contribution in [0.5, 0.6) is 23.0 Å². The van der Waals surface area contributed by atoms with Crippen LogP contribution in [0.4, 0.5) is 0 Å². The molecule has 0 fully saturated rings. The van der Waals surface area contributed by atoms with Crippen LogP contribution in [0, 0.1) is 0 Å². The fourth-order valence-corrected chi connectivity index (χ4v) is 17.4. The van der Waals surface area contributed by atoms with E-state index in [2.05, 4.69) is 358 Å². The molecule has 6 heteroatoms. The quantitative estimate of drug-likeness (QED) is 0.143. The molecule has 2 aliphatic carbocycles. The summed E-state index contributed by atoms with van der Waals surface area (Å²) in [6.45, 7) is 0. The number of hydrogen-bond donors (Lipinski definition) is 0. The maximum Gasteiger partial charge on any atom is 0.164 e. The Kier molecular flexibility index (Phi) is 13.4. The molecule has 0 N–H and O–H groups in total. The van der Waals surface area contributed by atoms with Gasteiger partial charge in [-0.15, -0.1) is 0 Å². The van der Waals surface area contributed by atoms with Crippen molar-refractivity contribution in [3.63, 3.8) is 0 Å². The van der Waals surface area contributed by atoms with Crippen molar-refractivity contribution < 1.29 is 9.47 Å². The van der Waals surface area contributed by atoms with Crippen molar-refractivity contribution in [1.82, 2.24) is 19.9 Å². The first-order chi connectivity index (χ1) is 51.5. The zero-order chi connectivity index (χ0) is 68.5. The number of hydrogen-bond acceptors (Lipinski definition) is 6. The predicted octanol–water partition coefficient (Wildman–Crippen LogP) is 24.4. The highest BCUT2D eigenvalue weighted by Gasteiger charge is 2.53. The van der Waals surface area contributed by atoms with Gasteiger partial charge in [-0.2, -0.15) is 0 Å². The van der Waals surface area contributed by atoms with Crippen LogP contribution >= 0.6 is 0 Å². The number of ether oxygens (including phenoxy) is 2. The van der Waals surface area contributed by atoms with E-state index in [1.54, 1.807) is 0 Å². The molecular formula is C98H60N4O2. The van der Waals surface area contributed by atoms with Crippen molar-refractivity contribution in [3.8, 4) is 146 Å². The SMILES string of the molecule is c1ccc(-c2ccc(-c3cc(-c4ccc(-c5ccccc5-c5ccc6c(c5)-c5ccccc5C65c6ccccc6Oc6c(-c7nc(-c8ccccc8)cc(-c8cccc9ccccc89)n7)cccc65)cc4)nc(-c4cccc5c4Oc4ccccc4C54c5ccccc5-c5ccccc54)n3)cc2)cc1. The minimum atomic E-state index is -0.753. The van der Waals surface area contributed by atoms with Gasteiger partial charge in [-0.25, -0.2) is 19.9 Å². The first-order valence-electron chi connectivity index (χ1n) is 35.5. The summed E-state index contributed by atoms with van der Waals surface area (Å²) in [6, 6.07) is 130. The molecule has 0 amide bonds. The molecule has 6 nitrogen and oxygen atoms in total. The van der Waals surface area contributed by atoms with Crippen molar-refractivity contribution in [1.29, 1.82) is 0 Å². The monoisotopic (exact) mass is 1320 g/mol. The van der Waals surface area contributed by atoms with Crippen LogP contribution in [0.1, 0.15) is 44.5 Å². The second-order valence-electron chi connectivity index (χ2n) is 27.3. The molecule has 0 saturated heterocycles. The molecule has 21 rings (SSSR count). The molecule has 15 aromatic carbocycles. The van der Waals surface area contributed by atoms with Crippen molar-refractivity contribution in [2.24, 2.45) is 0 Å². The Labute approximate surface area is 602 Å². The zero-order valence-corrected chi connectivity index (χ0v) is 56.2. The van der Waals surface area contributed by atoms with E-state index in [1.807, 2.05) is 6.07 Å². The molecule has 104 heavy (non-hydrogen) atoms. The second-order valence-corrected chi connectivity index (χ2v) is 27.3. The minimum Gasteiger partial charge on any atom is -0.456 e. The molecule has 1 atom stereocenters. The summed E-state index contributed by atoms with van der Waals surface area (Å²) in [4.78, 5) is 22.0. The average molecular weight is 1330 g/mol. The molecule has 0 saturated carbocycles. The van der Waals surface area contributed by atoms with E-state index >= 15 is 0 Å². The van der Waals surface area contributed by atoms with Crippen LogP contribution in [0.2, 0.25) is 0 Å². The van der Waals surface area contributed by atoms with E-state index in [9.17, 15) is 0 Å². The van der Waals surface area contributed by atoms with Gasteiger partial charge in [0.2, 0.25) is 0 Å². The third-order valence-electron chi connectivity index (χ3n) is 21.9. The lowest BCUT2D eigenvalue weighted by molar-refractivity contribution is 0.437. The number of fused-ring (bicyclic) bond motifs is 19. The molecule has 2 spiro atoms. The Balaban J connectivity index is 0.681. The van der Waals surface area contributed by atoms with Gasteiger partial charge < -0.3 is 9.47 Å². The Morgan fingerprint density at radius 1 is 0.192 bits per heavy atom. The molecule has 4 aliphatic rings.